The van der Waals surface area contributed by atoms with E-state index in [4.69, 9.17) is 5.73 Å². The molecule has 0 saturated carbocycles. The molecule has 3 aliphatic rings. The Hall–Kier alpha value is -3.19. The van der Waals surface area contributed by atoms with Gasteiger partial charge in [-0.15, -0.1) is 0 Å². The van der Waals surface area contributed by atoms with Crippen molar-refractivity contribution in [3.8, 4) is 0 Å². The molecular weight excluding hydrogens is 424 g/mol. The standard InChI is InChI=1S/C27H32N6O/c28-27-10-8-24-20(5-9-25(24)30-27)14-26(34)21-15-29-33(17-21)16-19-3-6-22(7-4-19)32-13-12-31-11-1-2-23(31)18-32/h3-4,6-8,10,15,17,20,23H,1-2,5,9,11-14,16,18H2,(H2,28,30). The van der Waals surface area contributed by atoms with E-state index in [-0.39, 0.29) is 11.7 Å². The molecule has 2 aromatic heterocycles. The molecule has 2 atom stereocenters. The van der Waals surface area contributed by atoms with Crippen LogP contribution in [-0.4, -0.2) is 57.7 Å². The van der Waals surface area contributed by atoms with E-state index in [0.717, 1.165) is 37.7 Å². The fraction of sp³-hybridized carbons (Fsp3) is 0.444. The minimum absolute atomic E-state index is 0.141. The van der Waals surface area contributed by atoms with Gasteiger partial charge in [0, 0.05) is 49.7 Å². The van der Waals surface area contributed by atoms with Crippen LogP contribution in [0.1, 0.15) is 58.8 Å². The highest BCUT2D eigenvalue weighted by molar-refractivity contribution is 5.96. The summed E-state index contributed by atoms with van der Waals surface area (Å²) in [6, 6.07) is 13.4. The molecule has 7 heteroatoms. The number of nitrogens with two attached hydrogens (primary N) is 1. The number of nitrogens with zero attached hydrogens (tertiary/aromatic N) is 5. The number of carbonyl (C=O) groups excluding carboxylic acids is 1. The van der Waals surface area contributed by atoms with Gasteiger partial charge in [0.2, 0.25) is 0 Å². The lowest BCUT2D eigenvalue weighted by atomic mass is 9.95. The molecule has 2 unspecified atom stereocenters. The zero-order chi connectivity index (χ0) is 23.1. The average molecular weight is 457 g/mol. The van der Waals surface area contributed by atoms with E-state index in [1.54, 1.807) is 6.20 Å². The molecule has 34 heavy (non-hydrogen) atoms. The van der Waals surface area contributed by atoms with Gasteiger partial charge in [0.1, 0.15) is 5.82 Å². The molecule has 4 heterocycles. The first-order valence-electron chi connectivity index (χ1n) is 12.5. The summed E-state index contributed by atoms with van der Waals surface area (Å²) in [5.74, 6) is 0.913. The number of hydrogen-bond acceptors (Lipinski definition) is 6. The number of aryl methyl sites for hydroxylation is 1. The summed E-state index contributed by atoms with van der Waals surface area (Å²) in [6.45, 7) is 5.35. The number of ketones is 1. The molecule has 0 amide bonds. The first-order valence-corrected chi connectivity index (χ1v) is 12.5. The monoisotopic (exact) mass is 456 g/mol. The number of benzene rings is 1. The van der Waals surface area contributed by atoms with Gasteiger partial charge < -0.3 is 10.6 Å². The highest BCUT2D eigenvalue weighted by Crippen LogP contribution is 2.35. The van der Waals surface area contributed by atoms with Crippen molar-refractivity contribution < 1.29 is 4.79 Å². The fourth-order valence-electron chi connectivity index (χ4n) is 5.94. The van der Waals surface area contributed by atoms with Crippen molar-refractivity contribution in [2.75, 3.05) is 36.8 Å². The Kier molecular flexibility index (Phi) is 5.57. The van der Waals surface area contributed by atoms with Gasteiger partial charge in [-0.2, -0.15) is 5.10 Å². The van der Waals surface area contributed by atoms with Crippen LogP contribution in [0.2, 0.25) is 0 Å². The highest BCUT2D eigenvalue weighted by atomic mass is 16.1. The third-order valence-electron chi connectivity index (χ3n) is 7.82. The summed E-state index contributed by atoms with van der Waals surface area (Å²) < 4.78 is 1.87. The second-order valence-electron chi connectivity index (χ2n) is 10.0. The quantitative estimate of drug-likeness (QED) is 0.572. The molecule has 6 rings (SSSR count). The largest absolute Gasteiger partial charge is 0.384 e. The number of pyridine rings is 1. The number of rotatable bonds is 6. The van der Waals surface area contributed by atoms with Crippen molar-refractivity contribution in [2.24, 2.45) is 0 Å². The van der Waals surface area contributed by atoms with Crippen LogP contribution >= 0.6 is 0 Å². The molecule has 7 nitrogen and oxygen atoms in total. The topological polar surface area (TPSA) is 80.3 Å². The Bertz CT molecular complexity index is 1190. The van der Waals surface area contributed by atoms with Gasteiger partial charge in [0.05, 0.1) is 18.3 Å². The fourth-order valence-corrected chi connectivity index (χ4v) is 5.94. The van der Waals surface area contributed by atoms with Crippen LogP contribution in [-0.2, 0) is 13.0 Å². The zero-order valence-electron chi connectivity index (χ0n) is 19.6. The maximum absolute atomic E-state index is 12.9. The maximum atomic E-state index is 12.9. The predicted molar refractivity (Wildman–Crippen MR) is 133 cm³/mol. The second kappa shape index (κ2) is 8.87. The number of anilines is 2. The van der Waals surface area contributed by atoms with Crippen LogP contribution in [0, 0.1) is 0 Å². The molecule has 1 aromatic carbocycles. The molecule has 2 aliphatic heterocycles. The summed E-state index contributed by atoms with van der Waals surface area (Å²) in [6.07, 6.45) is 8.59. The molecule has 176 valence electrons. The van der Waals surface area contributed by atoms with E-state index < -0.39 is 0 Å². The molecule has 3 aromatic rings. The van der Waals surface area contributed by atoms with E-state index >= 15 is 0 Å². The van der Waals surface area contributed by atoms with Crippen LogP contribution < -0.4 is 10.6 Å². The lowest BCUT2D eigenvalue weighted by Crippen LogP contribution is -2.50. The molecule has 2 saturated heterocycles. The Morgan fingerprint density at radius 2 is 1.94 bits per heavy atom. The average Bonchev–Trinajstić information content (AvgIpc) is 3.59. The first-order chi connectivity index (χ1) is 16.6. The van der Waals surface area contributed by atoms with Crippen molar-refractivity contribution in [1.82, 2.24) is 19.7 Å². The third kappa shape index (κ3) is 4.20. The van der Waals surface area contributed by atoms with Gasteiger partial charge in [-0.05, 0) is 67.5 Å². The zero-order valence-corrected chi connectivity index (χ0v) is 19.6. The SMILES string of the molecule is Nc1ccc2c(n1)CCC2CC(=O)c1cnn(Cc2ccc(N3CCN4CCCC4C3)cc2)c1. The first kappa shape index (κ1) is 21.4. The number of fused-ring (bicyclic) bond motifs is 2. The maximum Gasteiger partial charge on any atom is 0.166 e. The van der Waals surface area contributed by atoms with Crippen LogP contribution in [0.4, 0.5) is 11.5 Å². The summed E-state index contributed by atoms with van der Waals surface area (Å²) >= 11 is 0. The molecule has 1 aliphatic carbocycles. The van der Waals surface area contributed by atoms with Gasteiger partial charge in [-0.3, -0.25) is 14.4 Å². The van der Waals surface area contributed by atoms with Crippen molar-refractivity contribution >= 4 is 17.3 Å². The number of aromatic nitrogens is 3. The minimum Gasteiger partial charge on any atom is -0.384 e. The van der Waals surface area contributed by atoms with Crippen LogP contribution in [0.3, 0.4) is 0 Å². The van der Waals surface area contributed by atoms with Crippen molar-refractivity contribution in [3.05, 3.63) is 71.2 Å². The van der Waals surface area contributed by atoms with Gasteiger partial charge in [-0.1, -0.05) is 18.2 Å². The summed E-state index contributed by atoms with van der Waals surface area (Å²) in [5, 5.41) is 4.46. The van der Waals surface area contributed by atoms with E-state index in [9.17, 15) is 4.79 Å². The smallest absolute Gasteiger partial charge is 0.166 e. The minimum atomic E-state index is 0.141. The Morgan fingerprint density at radius 1 is 1.06 bits per heavy atom. The van der Waals surface area contributed by atoms with E-state index in [2.05, 4.69) is 44.1 Å². The Labute approximate surface area is 200 Å². The second-order valence-corrected chi connectivity index (χ2v) is 10.0. The molecular formula is C27H32N6O. The van der Waals surface area contributed by atoms with Crippen molar-refractivity contribution in [2.45, 2.75) is 50.6 Å². The Morgan fingerprint density at radius 3 is 2.82 bits per heavy atom. The van der Waals surface area contributed by atoms with E-state index in [1.165, 1.54) is 42.7 Å². The number of Topliss-reactive ketones (excluding diaryl/α,β-unsaturated/α-hetero) is 1. The van der Waals surface area contributed by atoms with E-state index in [0.29, 0.717) is 24.3 Å². The lowest BCUT2D eigenvalue weighted by molar-refractivity contribution is 0.0973. The molecule has 0 spiro atoms. The number of piperazine rings is 1. The van der Waals surface area contributed by atoms with Crippen LogP contribution in [0.5, 0.6) is 0 Å². The molecule has 0 radical (unpaired) electrons. The summed E-state index contributed by atoms with van der Waals surface area (Å²) in [4.78, 5) is 22.5. The molecule has 2 N–H and O–H groups in total. The van der Waals surface area contributed by atoms with Gasteiger partial charge in [-0.25, -0.2) is 4.98 Å². The number of hydrogen-bond donors (Lipinski definition) is 1. The van der Waals surface area contributed by atoms with Gasteiger partial charge in [0.25, 0.3) is 0 Å². The van der Waals surface area contributed by atoms with Gasteiger partial charge in [0.15, 0.2) is 5.78 Å². The highest BCUT2D eigenvalue weighted by Gasteiger charge is 2.30. The summed E-state index contributed by atoms with van der Waals surface area (Å²) in [7, 11) is 0. The molecule has 2 fully saturated rings. The van der Waals surface area contributed by atoms with Gasteiger partial charge >= 0.3 is 0 Å². The molecule has 0 bridgehead atoms. The lowest BCUT2D eigenvalue weighted by Gasteiger charge is -2.38. The number of carbonyl (C=O) groups is 1. The van der Waals surface area contributed by atoms with Crippen LogP contribution in [0.15, 0.2) is 48.8 Å². The normalized spacial score (nSPS) is 22.1. The van der Waals surface area contributed by atoms with Crippen LogP contribution in [0.25, 0.3) is 0 Å². The van der Waals surface area contributed by atoms with E-state index in [1.807, 2.05) is 23.0 Å². The Balaban J connectivity index is 1.07. The third-order valence-corrected chi connectivity index (χ3v) is 7.82. The summed E-state index contributed by atoms with van der Waals surface area (Å²) in [5.41, 5.74) is 11.2. The number of nitrogen functional groups attached to an aromatic ring is 1. The predicted octanol–water partition coefficient (Wildman–Crippen LogP) is 3.50. The van der Waals surface area contributed by atoms with Crippen molar-refractivity contribution in [1.29, 1.82) is 0 Å². The van der Waals surface area contributed by atoms with Crippen molar-refractivity contribution in [3.63, 3.8) is 0 Å².